The van der Waals surface area contributed by atoms with Gasteiger partial charge in [0.15, 0.2) is 0 Å². The molecule has 0 aromatic rings. The topological polar surface area (TPSA) is 39.1 Å². The average molecular weight is 211 g/mol. The van der Waals surface area contributed by atoms with Crippen molar-refractivity contribution >= 4 is 0 Å². The zero-order chi connectivity index (χ0) is 11.7. The molecule has 0 bridgehead atoms. The highest BCUT2D eigenvalue weighted by atomic mass is 15.1. The van der Waals surface area contributed by atoms with Crippen LogP contribution in [0.4, 0.5) is 0 Å². The van der Waals surface area contributed by atoms with Gasteiger partial charge in [0.25, 0.3) is 0 Å². The van der Waals surface area contributed by atoms with Crippen molar-refractivity contribution in [3.8, 4) is 6.07 Å². The van der Waals surface area contributed by atoms with Gasteiger partial charge in [-0.15, -0.1) is 0 Å². The second kappa shape index (κ2) is 8.70. The minimum absolute atomic E-state index is 0.539. The van der Waals surface area contributed by atoms with Crippen molar-refractivity contribution in [1.29, 1.82) is 5.26 Å². The van der Waals surface area contributed by atoms with Crippen molar-refractivity contribution in [3.63, 3.8) is 0 Å². The number of hydrogen-bond donors (Lipinski definition) is 1. The lowest BCUT2D eigenvalue weighted by Gasteiger charge is -2.25. The van der Waals surface area contributed by atoms with E-state index in [4.69, 9.17) is 5.26 Å². The zero-order valence-corrected chi connectivity index (χ0v) is 10.6. The number of nitrogens with zero attached hydrogens (tertiary/aromatic N) is 2. The first-order valence-corrected chi connectivity index (χ1v) is 5.92. The predicted octanol–water partition coefficient (Wildman–Crippen LogP) is 2.00. The van der Waals surface area contributed by atoms with Gasteiger partial charge in [-0.05, 0) is 33.4 Å². The molecule has 0 rings (SSSR count). The number of hydrogen-bond acceptors (Lipinski definition) is 3. The Bertz CT molecular complexity index is 182. The van der Waals surface area contributed by atoms with E-state index in [0.717, 1.165) is 26.1 Å². The lowest BCUT2D eigenvalue weighted by atomic mass is 10.2. The van der Waals surface area contributed by atoms with Gasteiger partial charge in [-0.1, -0.05) is 13.8 Å². The van der Waals surface area contributed by atoms with Gasteiger partial charge < -0.3 is 5.32 Å². The summed E-state index contributed by atoms with van der Waals surface area (Å²) in [4.78, 5) is 2.37. The summed E-state index contributed by atoms with van der Waals surface area (Å²) in [5.74, 6) is 0. The molecule has 0 saturated heterocycles. The van der Waals surface area contributed by atoms with Gasteiger partial charge in [0, 0.05) is 25.0 Å². The summed E-state index contributed by atoms with van der Waals surface area (Å²) < 4.78 is 0. The van der Waals surface area contributed by atoms with Crippen LogP contribution in [-0.2, 0) is 0 Å². The van der Waals surface area contributed by atoms with E-state index in [9.17, 15) is 0 Å². The average Bonchev–Trinajstić information content (AvgIpc) is 2.15. The maximum atomic E-state index is 8.55. The smallest absolute Gasteiger partial charge is 0.0635 e. The molecule has 0 aliphatic carbocycles. The highest BCUT2D eigenvalue weighted by Crippen LogP contribution is 2.00. The molecule has 0 spiro atoms. The van der Waals surface area contributed by atoms with Crippen LogP contribution < -0.4 is 5.32 Å². The van der Waals surface area contributed by atoms with Gasteiger partial charge in [-0.3, -0.25) is 4.90 Å². The monoisotopic (exact) mass is 211 g/mol. The van der Waals surface area contributed by atoms with Gasteiger partial charge in [0.05, 0.1) is 6.07 Å². The molecule has 0 aliphatic heterocycles. The second-order valence-electron chi connectivity index (χ2n) is 4.50. The fraction of sp³-hybridized carbons (Fsp3) is 0.917. The first-order chi connectivity index (χ1) is 7.07. The molecule has 0 unspecified atom stereocenters. The van der Waals surface area contributed by atoms with Crippen LogP contribution >= 0.6 is 0 Å². The number of nitrogens with one attached hydrogen (secondary N) is 1. The van der Waals surface area contributed by atoms with Crippen molar-refractivity contribution in [2.24, 2.45) is 0 Å². The largest absolute Gasteiger partial charge is 0.314 e. The van der Waals surface area contributed by atoms with Gasteiger partial charge >= 0.3 is 0 Å². The lowest BCUT2D eigenvalue weighted by Crippen LogP contribution is -2.35. The molecule has 0 saturated carbocycles. The van der Waals surface area contributed by atoms with Crippen LogP contribution in [0.25, 0.3) is 0 Å². The van der Waals surface area contributed by atoms with Gasteiger partial charge in [0.1, 0.15) is 0 Å². The van der Waals surface area contributed by atoms with E-state index < -0.39 is 0 Å². The first kappa shape index (κ1) is 14.4. The van der Waals surface area contributed by atoms with E-state index >= 15 is 0 Å². The van der Waals surface area contributed by atoms with Crippen LogP contribution in [0.2, 0.25) is 0 Å². The van der Waals surface area contributed by atoms with Crippen molar-refractivity contribution in [2.45, 2.75) is 52.6 Å². The van der Waals surface area contributed by atoms with Crippen molar-refractivity contribution in [3.05, 3.63) is 0 Å². The fourth-order valence-electron chi connectivity index (χ4n) is 1.49. The van der Waals surface area contributed by atoms with Crippen LogP contribution in [0, 0.1) is 11.3 Å². The second-order valence-corrected chi connectivity index (χ2v) is 4.50. The minimum Gasteiger partial charge on any atom is -0.314 e. The summed E-state index contributed by atoms with van der Waals surface area (Å²) >= 11 is 0. The molecule has 3 nitrogen and oxygen atoms in total. The summed E-state index contributed by atoms with van der Waals surface area (Å²) in [5, 5.41) is 12.0. The normalized spacial score (nSPS) is 11.3. The Hall–Kier alpha value is -0.590. The molecular weight excluding hydrogens is 186 g/mol. The lowest BCUT2D eigenvalue weighted by molar-refractivity contribution is 0.222. The van der Waals surface area contributed by atoms with Crippen molar-refractivity contribution in [1.82, 2.24) is 10.2 Å². The van der Waals surface area contributed by atoms with Crippen molar-refractivity contribution in [2.75, 3.05) is 19.6 Å². The van der Waals surface area contributed by atoms with E-state index in [2.05, 4.69) is 44.0 Å². The Morgan fingerprint density at radius 3 is 2.33 bits per heavy atom. The summed E-state index contributed by atoms with van der Waals surface area (Å²) in [5.41, 5.74) is 0. The molecule has 15 heavy (non-hydrogen) atoms. The molecule has 0 amide bonds. The fourth-order valence-corrected chi connectivity index (χ4v) is 1.49. The number of nitriles is 1. The molecule has 0 aliphatic rings. The van der Waals surface area contributed by atoms with Gasteiger partial charge in [0.2, 0.25) is 0 Å². The van der Waals surface area contributed by atoms with Crippen LogP contribution in [0.5, 0.6) is 0 Å². The molecule has 1 N–H and O–H groups in total. The van der Waals surface area contributed by atoms with Crippen molar-refractivity contribution < 1.29 is 0 Å². The molecular formula is C12H25N3. The highest BCUT2D eigenvalue weighted by Gasteiger charge is 2.07. The van der Waals surface area contributed by atoms with Crippen LogP contribution in [0.15, 0.2) is 0 Å². The Morgan fingerprint density at radius 1 is 1.20 bits per heavy atom. The summed E-state index contributed by atoms with van der Waals surface area (Å²) in [6.07, 6.45) is 1.79. The quantitative estimate of drug-likeness (QED) is 0.624. The standard InChI is InChI=1S/C12H25N3/c1-11(2)14-8-6-10-15(12(3)4)9-5-7-13/h11-12,14H,5-6,8-10H2,1-4H3. The Labute approximate surface area is 94.5 Å². The summed E-state index contributed by atoms with van der Waals surface area (Å²) in [6, 6.07) is 3.31. The Morgan fingerprint density at radius 2 is 1.87 bits per heavy atom. The van der Waals surface area contributed by atoms with Crippen LogP contribution in [0.3, 0.4) is 0 Å². The van der Waals surface area contributed by atoms with E-state index in [1.807, 2.05) is 0 Å². The van der Waals surface area contributed by atoms with E-state index in [1.54, 1.807) is 0 Å². The predicted molar refractivity (Wildman–Crippen MR) is 64.7 cm³/mol. The zero-order valence-electron chi connectivity index (χ0n) is 10.6. The van der Waals surface area contributed by atoms with Crippen LogP contribution in [0.1, 0.15) is 40.5 Å². The third kappa shape index (κ3) is 8.41. The summed E-state index contributed by atoms with van der Waals surface area (Å²) in [6.45, 7) is 11.7. The Kier molecular flexibility index (Phi) is 8.35. The summed E-state index contributed by atoms with van der Waals surface area (Å²) in [7, 11) is 0. The highest BCUT2D eigenvalue weighted by molar-refractivity contribution is 4.74. The molecule has 0 atom stereocenters. The molecule has 0 aromatic carbocycles. The third-order valence-corrected chi connectivity index (χ3v) is 2.42. The molecule has 3 heteroatoms. The first-order valence-electron chi connectivity index (χ1n) is 5.92. The molecule has 88 valence electrons. The molecule has 0 heterocycles. The molecule has 0 aromatic heterocycles. The Balaban J connectivity index is 3.63. The van der Waals surface area contributed by atoms with E-state index in [-0.39, 0.29) is 0 Å². The van der Waals surface area contributed by atoms with Gasteiger partial charge in [-0.2, -0.15) is 5.26 Å². The SMILES string of the molecule is CC(C)NCCCN(CCC#N)C(C)C. The maximum absolute atomic E-state index is 8.55. The number of rotatable bonds is 8. The van der Waals surface area contributed by atoms with E-state index in [1.165, 1.54) is 0 Å². The third-order valence-electron chi connectivity index (χ3n) is 2.42. The van der Waals surface area contributed by atoms with E-state index in [0.29, 0.717) is 18.5 Å². The maximum Gasteiger partial charge on any atom is 0.0635 e. The molecule has 0 radical (unpaired) electrons. The molecule has 0 fully saturated rings. The minimum atomic E-state index is 0.539. The van der Waals surface area contributed by atoms with Crippen LogP contribution in [-0.4, -0.2) is 36.6 Å². The van der Waals surface area contributed by atoms with Gasteiger partial charge in [-0.25, -0.2) is 0 Å².